The Morgan fingerprint density at radius 3 is 2.86 bits per heavy atom. The highest BCUT2D eigenvalue weighted by atomic mass is 35.5. The lowest BCUT2D eigenvalue weighted by Gasteiger charge is -2.35. The van der Waals surface area contributed by atoms with Gasteiger partial charge in [0.15, 0.2) is 0 Å². The summed E-state index contributed by atoms with van der Waals surface area (Å²) in [6, 6.07) is 13.0. The maximum atomic E-state index is 6.49. The van der Waals surface area contributed by atoms with E-state index in [1.807, 2.05) is 0 Å². The van der Waals surface area contributed by atoms with Crippen molar-refractivity contribution in [2.45, 2.75) is 19.3 Å². The van der Waals surface area contributed by atoms with Crippen molar-refractivity contribution < 1.29 is 0 Å². The zero-order valence-electron chi connectivity index (χ0n) is 16.0. The van der Waals surface area contributed by atoms with E-state index in [0.29, 0.717) is 0 Å². The molecule has 0 spiro atoms. The molecule has 1 fully saturated rings. The van der Waals surface area contributed by atoms with Crippen LogP contribution in [0, 0.1) is 0 Å². The lowest BCUT2D eigenvalue weighted by molar-refractivity contribution is 0.255. The maximum absolute atomic E-state index is 6.49. The van der Waals surface area contributed by atoms with Crippen molar-refractivity contribution >= 4 is 44.7 Å². The summed E-state index contributed by atoms with van der Waals surface area (Å²) in [5.41, 5.74) is 3.94. The van der Waals surface area contributed by atoms with Gasteiger partial charge in [0.25, 0.3) is 0 Å². The minimum Gasteiger partial charge on any atom is -0.384 e. The first kappa shape index (κ1) is 18.2. The number of fused-ring (bicyclic) bond motifs is 2. The molecule has 2 aromatic carbocycles. The van der Waals surface area contributed by atoms with Gasteiger partial charge in [-0.1, -0.05) is 29.8 Å². The second kappa shape index (κ2) is 7.90. The van der Waals surface area contributed by atoms with E-state index in [2.05, 4.69) is 51.5 Å². The normalized spacial score (nSPS) is 17.1. The van der Waals surface area contributed by atoms with Gasteiger partial charge in [-0.25, -0.2) is 0 Å². The third kappa shape index (κ3) is 3.59. The van der Waals surface area contributed by atoms with Crippen LogP contribution in [0.25, 0.3) is 10.1 Å². The summed E-state index contributed by atoms with van der Waals surface area (Å²) in [7, 11) is 0. The number of aromatic nitrogens is 1. The third-order valence-electron chi connectivity index (χ3n) is 5.93. The summed E-state index contributed by atoms with van der Waals surface area (Å²) in [6.45, 7) is 6.49. The zero-order chi connectivity index (χ0) is 18.9. The maximum Gasteiger partial charge on any atom is 0.150 e. The van der Waals surface area contributed by atoms with Gasteiger partial charge in [0.1, 0.15) is 5.82 Å². The van der Waals surface area contributed by atoms with Crippen LogP contribution in [0.15, 0.2) is 36.4 Å². The number of benzene rings is 2. The molecule has 0 amide bonds. The fourth-order valence-corrected chi connectivity index (χ4v) is 5.39. The van der Waals surface area contributed by atoms with Gasteiger partial charge in [-0.05, 0) is 66.7 Å². The van der Waals surface area contributed by atoms with E-state index < -0.39 is 0 Å². The van der Waals surface area contributed by atoms with Crippen LogP contribution in [0.3, 0.4) is 0 Å². The van der Waals surface area contributed by atoms with Crippen LogP contribution in [0.2, 0.25) is 5.02 Å². The highest BCUT2D eigenvalue weighted by Gasteiger charge is 2.20. The number of nitrogens with one attached hydrogen (secondary N) is 1. The average molecular weight is 413 g/mol. The molecule has 0 aliphatic carbocycles. The quantitative estimate of drug-likeness (QED) is 0.659. The van der Waals surface area contributed by atoms with Crippen molar-refractivity contribution in [3.8, 4) is 0 Å². The van der Waals surface area contributed by atoms with E-state index in [1.54, 1.807) is 11.5 Å². The van der Waals surface area contributed by atoms with Crippen LogP contribution < -0.4 is 10.2 Å². The molecule has 1 aromatic heterocycles. The Balaban J connectivity index is 1.14. The lowest BCUT2D eigenvalue weighted by atomic mass is 10.0. The molecule has 0 unspecified atom stereocenters. The number of piperazine rings is 1. The van der Waals surface area contributed by atoms with E-state index >= 15 is 0 Å². The molecule has 0 atom stereocenters. The lowest BCUT2D eigenvalue weighted by Crippen LogP contribution is -2.46. The molecule has 0 saturated carbocycles. The molecule has 146 valence electrons. The second-order valence-electron chi connectivity index (χ2n) is 7.71. The first-order valence-electron chi connectivity index (χ1n) is 10.1. The summed E-state index contributed by atoms with van der Waals surface area (Å²) in [5.74, 6) is 1.17. The van der Waals surface area contributed by atoms with Crippen molar-refractivity contribution in [1.82, 2.24) is 9.27 Å². The number of hydrogen-bond acceptors (Lipinski definition) is 5. The molecule has 3 heterocycles. The standard InChI is InChI=1S/C22H25ClN4S/c23-19-15-20-17(7-8-24-20)14-16(19)4-3-9-26-10-12-27(13-11-26)22-18-5-1-2-6-21(18)28-25-22/h1-2,5-6,14-15,24H,3-4,7-13H2. The molecule has 0 radical (unpaired) electrons. The van der Waals surface area contributed by atoms with E-state index in [1.165, 1.54) is 32.7 Å². The fraction of sp³-hybridized carbons (Fsp3) is 0.409. The van der Waals surface area contributed by atoms with Gasteiger partial charge in [0, 0.05) is 48.8 Å². The molecule has 2 aliphatic heterocycles. The number of halogens is 1. The Labute approximate surface area is 175 Å². The van der Waals surface area contributed by atoms with Crippen LogP contribution in [0.1, 0.15) is 17.5 Å². The Morgan fingerprint density at radius 2 is 1.96 bits per heavy atom. The number of hydrogen-bond donors (Lipinski definition) is 1. The van der Waals surface area contributed by atoms with Crippen molar-refractivity contribution in [3.63, 3.8) is 0 Å². The number of anilines is 2. The van der Waals surface area contributed by atoms with Crippen LogP contribution in [-0.2, 0) is 12.8 Å². The SMILES string of the molecule is Clc1cc2c(cc1CCCN1CCN(c3nsc4ccccc34)CC1)CCN2. The minimum atomic E-state index is 0.911. The van der Waals surface area contributed by atoms with Gasteiger partial charge < -0.3 is 10.2 Å². The Morgan fingerprint density at radius 1 is 1.11 bits per heavy atom. The van der Waals surface area contributed by atoms with E-state index in [-0.39, 0.29) is 0 Å². The van der Waals surface area contributed by atoms with Gasteiger partial charge in [-0.15, -0.1) is 0 Å². The summed E-state index contributed by atoms with van der Waals surface area (Å²) < 4.78 is 5.99. The summed E-state index contributed by atoms with van der Waals surface area (Å²) in [5, 5.41) is 5.60. The smallest absolute Gasteiger partial charge is 0.150 e. The molecule has 1 N–H and O–H groups in total. The van der Waals surface area contributed by atoms with Gasteiger partial charge in [0.05, 0.1) is 4.70 Å². The fourth-order valence-electron chi connectivity index (χ4n) is 4.34. The van der Waals surface area contributed by atoms with E-state index in [0.717, 1.165) is 63.6 Å². The van der Waals surface area contributed by atoms with Crippen molar-refractivity contribution in [1.29, 1.82) is 0 Å². The molecule has 0 bridgehead atoms. The molecule has 3 aromatic rings. The zero-order valence-corrected chi connectivity index (χ0v) is 17.5. The second-order valence-corrected chi connectivity index (χ2v) is 8.92. The predicted octanol–water partition coefficient (Wildman–Crippen LogP) is 4.67. The third-order valence-corrected chi connectivity index (χ3v) is 7.10. The molecule has 28 heavy (non-hydrogen) atoms. The van der Waals surface area contributed by atoms with Crippen LogP contribution >= 0.6 is 23.1 Å². The molecule has 2 aliphatic rings. The van der Waals surface area contributed by atoms with E-state index in [4.69, 9.17) is 16.0 Å². The summed E-state index contributed by atoms with van der Waals surface area (Å²) in [6.07, 6.45) is 3.33. The van der Waals surface area contributed by atoms with Gasteiger partial charge in [0.2, 0.25) is 0 Å². The number of rotatable bonds is 5. The highest BCUT2D eigenvalue weighted by molar-refractivity contribution is 7.13. The van der Waals surface area contributed by atoms with Gasteiger partial charge >= 0.3 is 0 Å². The number of aryl methyl sites for hydroxylation is 1. The first-order valence-corrected chi connectivity index (χ1v) is 11.3. The number of nitrogens with zero attached hydrogens (tertiary/aromatic N) is 3. The van der Waals surface area contributed by atoms with E-state index in [9.17, 15) is 0 Å². The molecular weight excluding hydrogens is 388 g/mol. The summed E-state index contributed by atoms with van der Waals surface area (Å²) in [4.78, 5) is 5.02. The Kier molecular flexibility index (Phi) is 5.14. The molecule has 4 nitrogen and oxygen atoms in total. The first-order chi connectivity index (χ1) is 13.8. The summed E-state index contributed by atoms with van der Waals surface area (Å²) >= 11 is 8.09. The van der Waals surface area contributed by atoms with Crippen LogP contribution in [0.4, 0.5) is 11.5 Å². The van der Waals surface area contributed by atoms with Gasteiger partial charge in [-0.3, -0.25) is 4.90 Å². The molecule has 5 rings (SSSR count). The minimum absolute atomic E-state index is 0.911. The highest BCUT2D eigenvalue weighted by Crippen LogP contribution is 2.31. The largest absolute Gasteiger partial charge is 0.384 e. The molecular formula is C22H25ClN4S. The Bertz CT molecular complexity index is 978. The predicted molar refractivity (Wildman–Crippen MR) is 120 cm³/mol. The molecule has 6 heteroatoms. The topological polar surface area (TPSA) is 31.4 Å². The van der Waals surface area contributed by atoms with Gasteiger partial charge in [-0.2, -0.15) is 4.37 Å². The average Bonchev–Trinajstić information content (AvgIpc) is 3.35. The monoisotopic (exact) mass is 412 g/mol. The van der Waals surface area contributed by atoms with Crippen molar-refractivity contribution in [2.24, 2.45) is 0 Å². The van der Waals surface area contributed by atoms with Crippen molar-refractivity contribution in [3.05, 3.63) is 52.5 Å². The van der Waals surface area contributed by atoms with Crippen molar-refractivity contribution in [2.75, 3.05) is 49.5 Å². The Hall–Kier alpha value is -1.82. The molecule has 1 saturated heterocycles. The van der Waals surface area contributed by atoms with Crippen LogP contribution in [-0.4, -0.2) is 48.5 Å². The van der Waals surface area contributed by atoms with Crippen LogP contribution in [0.5, 0.6) is 0 Å².